The van der Waals surface area contributed by atoms with Crippen LogP contribution in [0.4, 0.5) is 5.82 Å². The molecule has 2 fully saturated rings. The smallest absolute Gasteiger partial charge is 0.166 e. The third kappa shape index (κ3) is 2.68. The Labute approximate surface area is 114 Å². The van der Waals surface area contributed by atoms with Gasteiger partial charge in [0.1, 0.15) is 6.61 Å². The molecule has 104 valence electrons. The van der Waals surface area contributed by atoms with Crippen LogP contribution in [-0.4, -0.2) is 23.3 Å². The third-order valence-electron chi connectivity index (χ3n) is 4.30. The first-order chi connectivity index (χ1) is 9.17. The summed E-state index contributed by atoms with van der Waals surface area (Å²) >= 11 is 0. The van der Waals surface area contributed by atoms with Crippen molar-refractivity contribution in [2.75, 3.05) is 12.3 Å². The first-order valence-electron chi connectivity index (χ1n) is 7.21. The monoisotopic (exact) mass is 262 g/mol. The molecule has 0 radical (unpaired) electrons. The number of nitrogens with two attached hydrogens (primary N) is 1. The summed E-state index contributed by atoms with van der Waals surface area (Å²) in [5.41, 5.74) is 6.93. The molecule has 1 atom stereocenters. The van der Waals surface area contributed by atoms with Crippen molar-refractivity contribution in [2.24, 2.45) is 0 Å². The Morgan fingerprint density at radius 1 is 1.37 bits per heavy atom. The maximum absolute atomic E-state index is 6.21. The molecule has 3 rings (SSSR count). The van der Waals surface area contributed by atoms with Crippen LogP contribution in [0.1, 0.15) is 44.2 Å². The number of aromatic nitrogens is 1. The average molecular weight is 262 g/mol. The first kappa shape index (κ1) is 12.7. The summed E-state index contributed by atoms with van der Waals surface area (Å²) in [4.78, 5) is 4.20. The molecule has 2 N–H and O–H groups in total. The van der Waals surface area contributed by atoms with Crippen molar-refractivity contribution in [3.8, 4) is 5.75 Å². The van der Waals surface area contributed by atoms with E-state index >= 15 is 0 Å². The zero-order chi connectivity index (χ0) is 13.3. The molecule has 1 aliphatic carbocycles. The van der Waals surface area contributed by atoms with Crippen molar-refractivity contribution in [1.82, 2.24) is 4.98 Å². The number of rotatable bonds is 3. The minimum Gasteiger partial charge on any atom is -0.487 e. The Hall–Kier alpha value is -1.29. The summed E-state index contributed by atoms with van der Waals surface area (Å²) in [6, 6.07) is 3.80. The molecule has 1 unspecified atom stereocenters. The fraction of sp³-hybridized carbons (Fsp3) is 0.667. The van der Waals surface area contributed by atoms with Gasteiger partial charge >= 0.3 is 0 Å². The highest BCUT2D eigenvalue weighted by molar-refractivity contribution is 5.46. The van der Waals surface area contributed by atoms with Crippen LogP contribution < -0.4 is 10.5 Å². The van der Waals surface area contributed by atoms with Crippen molar-refractivity contribution in [1.29, 1.82) is 0 Å². The lowest BCUT2D eigenvalue weighted by molar-refractivity contribution is -0.0508. The summed E-state index contributed by atoms with van der Waals surface area (Å²) < 4.78 is 12.0. The SMILES string of the molecule is Cc1ccc(OCC2CCC3(CCCC3)O2)c(N)n1. The van der Waals surface area contributed by atoms with Crippen molar-refractivity contribution in [3.05, 3.63) is 17.8 Å². The van der Waals surface area contributed by atoms with Gasteiger partial charge in [-0.3, -0.25) is 0 Å². The highest BCUT2D eigenvalue weighted by Crippen LogP contribution is 2.43. The molecule has 1 saturated heterocycles. The van der Waals surface area contributed by atoms with Gasteiger partial charge in [0.15, 0.2) is 11.6 Å². The summed E-state index contributed by atoms with van der Waals surface area (Å²) in [6.07, 6.45) is 7.54. The second kappa shape index (κ2) is 5.00. The van der Waals surface area contributed by atoms with Crippen LogP contribution in [0.2, 0.25) is 0 Å². The zero-order valence-corrected chi connectivity index (χ0v) is 11.5. The number of pyridine rings is 1. The van der Waals surface area contributed by atoms with E-state index in [2.05, 4.69) is 4.98 Å². The maximum atomic E-state index is 6.21. The number of anilines is 1. The Morgan fingerprint density at radius 2 is 2.16 bits per heavy atom. The quantitative estimate of drug-likeness (QED) is 0.910. The van der Waals surface area contributed by atoms with Gasteiger partial charge in [0.05, 0.1) is 11.7 Å². The fourth-order valence-electron chi connectivity index (χ4n) is 3.27. The molecule has 1 aromatic heterocycles. The van der Waals surface area contributed by atoms with E-state index < -0.39 is 0 Å². The van der Waals surface area contributed by atoms with Crippen LogP contribution in [0.5, 0.6) is 5.75 Å². The summed E-state index contributed by atoms with van der Waals surface area (Å²) in [5, 5.41) is 0. The fourth-order valence-corrected chi connectivity index (χ4v) is 3.27. The topological polar surface area (TPSA) is 57.4 Å². The number of nitrogen functional groups attached to an aromatic ring is 1. The molecule has 4 heteroatoms. The van der Waals surface area contributed by atoms with Crippen LogP contribution in [0.3, 0.4) is 0 Å². The minimum absolute atomic E-state index is 0.172. The lowest BCUT2D eigenvalue weighted by atomic mass is 9.98. The molecule has 0 bridgehead atoms. The van der Waals surface area contributed by atoms with Crippen LogP contribution in [0.25, 0.3) is 0 Å². The number of nitrogens with zero attached hydrogens (tertiary/aromatic N) is 1. The van der Waals surface area contributed by atoms with Crippen molar-refractivity contribution in [2.45, 2.75) is 57.2 Å². The van der Waals surface area contributed by atoms with Gasteiger partial charge in [0.25, 0.3) is 0 Å². The summed E-state index contributed by atoms with van der Waals surface area (Å²) in [7, 11) is 0. The zero-order valence-electron chi connectivity index (χ0n) is 11.5. The molecular weight excluding hydrogens is 240 g/mol. The third-order valence-corrected chi connectivity index (χ3v) is 4.30. The van der Waals surface area contributed by atoms with E-state index in [1.54, 1.807) is 0 Å². The lowest BCUT2D eigenvalue weighted by Crippen LogP contribution is -2.27. The molecule has 4 nitrogen and oxygen atoms in total. The van der Waals surface area contributed by atoms with Gasteiger partial charge in [0, 0.05) is 5.69 Å². The van der Waals surface area contributed by atoms with Gasteiger partial charge in [0.2, 0.25) is 0 Å². The van der Waals surface area contributed by atoms with Gasteiger partial charge in [-0.25, -0.2) is 4.98 Å². The van der Waals surface area contributed by atoms with Gasteiger partial charge in [-0.1, -0.05) is 12.8 Å². The minimum atomic E-state index is 0.172. The largest absolute Gasteiger partial charge is 0.487 e. The van der Waals surface area contributed by atoms with Gasteiger partial charge < -0.3 is 15.2 Å². The predicted molar refractivity (Wildman–Crippen MR) is 74.2 cm³/mol. The number of ether oxygens (including phenoxy) is 2. The van der Waals surface area contributed by atoms with Crippen LogP contribution in [0.15, 0.2) is 12.1 Å². The molecule has 1 spiro atoms. The summed E-state index contributed by atoms with van der Waals surface area (Å²) in [6.45, 7) is 2.50. The Morgan fingerprint density at radius 3 is 2.89 bits per heavy atom. The number of aryl methyl sites for hydroxylation is 1. The Kier molecular flexibility index (Phi) is 3.35. The second-order valence-electron chi connectivity index (χ2n) is 5.82. The van der Waals surface area contributed by atoms with Crippen LogP contribution >= 0.6 is 0 Å². The molecule has 1 saturated carbocycles. The molecule has 2 heterocycles. The van der Waals surface area contributed by atoms with Gasteiger partial charge in [-0.2, -0.15) is 0 Å². The van der Waals surface area contributed by atoms with Crippen molar-refractivity contribution >= 4 is 5.82 Å². The molecule has 1 aromatic rings. The van der Waals surface area contributed by atoms with E-state index in [9.17, 15) is 0 Å². The van der Waals surface area contributed by atoms with E-state index in [1.165, 1.54) is 32.1 Å². The summed E-state index contributed by atoms with van der Waals surface area (Å²) in [5.74, 6) is 1.13. The van der Waals surface area contributed by atoms with Crippen molar-refractivity contribution < 1.29 is 9.47 Å². The number of hydrogen-bond donors (Lipinski definition) is 1. The average Bonchev–Trinajstić information content (AvgIpc) is 2.99. The van der Waals surface area contributed by atoms with E-state index in [1.807, 2.05) is 19.1 Å². The van der Waals surface area contributed by atoms with Gasteiger partial charge in [-0.15, -0.1) is 0 Å². The number of hydrogen-bond acceptors (Lipinski definition) is 4. The molecule has 19 heavy (non-hydrogen) atoms. The normalized spacial score (nSPS) is 25.0. The van der Waals surface area contributed by atoms with E-state index in [4.69, 9.17) is 15.2 Å². The van der Waals surface area contributed by atoms with Crippen LogP contribution in [0, 0.1) is 6.92 Å². The maximum Gasteiger partial charge on any atom is 0.166 e. The predicted octanol–water partition coefficient (Wildman–Crippen LogP) is 2.84. The molecule has 0 amide bonds. The van der Waals surface area contributed by atoms with E-state index in [0.717, 1.165) is 12.1 Å². The first-order valence-corrected chi connectivity index (χ1v) is 7.21. The lowest BCUT2D eigenvalue weighted by Gasteiger charge is -2.23. The van der Waals surface area contributed by atoms with Crippen molar-refractivity contribution in [3.63, 3.8) is 0 Å². The highest BCUT2D eigenvalue weighted by Gasteiger charge is 2.42. The molecule has 1 aliphatic heterocycles. The van der Waals surface area contributed by atoms with Crippen LogP contribution in [-0.2, 0) is 4.74 Å². The molecular formula is C15H22N2O2. The Bertz CT molecular complexity index is 455. The van der Waals surface area contributed by atoms with Gasteiger partial charge in [-0.05, 0) is 44.7 Å². The Balaban J connectivity index is 1.55. The van der Waals surface area contributed by atoms with E-state index in [0.29, 0.717) is 18.2 Å². The highest BCUT2D eigenvalue weighted by atomic mass is 16.6. The standard InChI is InChI=1S/C15H22N2O2/c1-11-4-5-13(14(16)17-11)18-10-12-6-9-15(19-12)7-2-3-8-15/h4-5,12H,2-3,6-10H2,1H3,(H2,16,17). The molecule has 0 aromatic carbocycles. The second-order valence-corrected chi connectivity index (χ2v) is 5.82. The van der Waals surface area contributed by atoms with E-state index in [-0.39, 0.29) is 11.7 Å². The molecule has 2 aliphatic rings.